The summed E-state index contributed by atoms with van der Waals surface area (Å²) in [4.78, 5) is 11.2. The molecule has 2 atom stereocenters. The maximum Gasteiger partial charge on any atom is 0.199 e. The summed E-state index contributed by atoms with van der Waals surface area (Å²) in [5, 5.41) is 0. The minimum atomic E-state index is -2.40. The highest BCUT2D eigenvalue weighted by molar-refractivity contribution is 7.58. The lowest BCUT2D eigenvalue weighted by Crippen LogP contribution is -2.08. The first-order valence-electron chi connectivity index (χ1n) is 4.70. The largest absolute Gasteiger partial charge is 0.332 e. The predicted molar refractivity (Wildman–Crippen MR) is 52.4 cm³/mol. The van der Waals surface area contributed by atoms with E-state index in [1.807, 2.05) is 0 Å². The maximum absolute atomic E-state index is 11.5. The van der Waals surface area contributed by atoms with E-state index >= 15 is 0 Å². The van der Waals surface area contributed by atoms with E-state index in [4.69, 9.17) is 4.52 Å². The van der Waals surface area contributed by atoms with Crippen molar-refractivity contribution in [1.82, 2.24) is 0 Å². The second-order valence-electron chi connectivity index (χ2n) is 3.76. The molecule has 2 unspecified atom stereocenters. The molecule has 3 nitrogen and oxygen atoms in total. The average Bonchev–Trinajstić information content (AvgIpc) is 2.48. The molecule has 0 saturated heterocycles. The number of hydrogen-bond acceptors (Lipinski definition) is 3. The molecule has 0 bridgehead atoms. The monoisotopic (exact) mass is 204 g/mol. The van der Waals surface area contributed by atoms with Crippen LogP contribution in [-0.2, 0) is 13.9 Å². The Morgan fingerprint density at radius 3 is 2.77 bits per heavy atom. The quantitative estimate of drug-likeness (QED) is 0.660. The summed E-state index contributed by atoms with van der Waals surface area (Å²) in [5.74, 6) is 0.500. The van der Waals surface area contributed by atoms with E-state index in [1.165, 1.54) is 7.11 Å². The lowest BCUT2D eigenvalue weighted by atomic mass is 10.1. The fraction of sp³-hybridized carbons (Fsp3) is 0.889. The molecule has 1 saturated carbocycles. The number of carbonyl (C=O) groups excluding carboxylic acids is 1. The number of rotatable bonds is 4. The average molecular weight is 204 g/mol. The van der Waals surface area contributed by atoms with E-state index in [9.17, 15) is 9.36 Å². The summed E-state index contributed by atoms with van der Waals surface area (Å²) in [6, 6.07) is 0. The van der Waals surface area contributed by atoms with E-state index < -0.39 is 7.37 Å². The van der Waals surface area contributed by atoms with E-state index in [1.54, 1.807) is 6.66 Å². The van der Waals surface area contributed by atoms with Crippen molar-refractivity contribution in [3.8, 4) is 0 Å². The molecule has 1 fully saturated rings. The van der Waals surface area contributed by atoms with Crippen LogP contribution in [0.1, 0.15) is 25.7 Å². The number of carbonyl (C=O) groups is 1. The van der Waals surface area contributed by atoms with Crippen molar-refractivity contribution in [3.63, 3.8) is 0 Å². The van der Waals surface area contributed by atoms with Crippen molar-refractivity contribution in [2.45, 2.75) is 25.7 Å². The van der Waals surface area contributed by atoms with Gasteiger partial charge >= 0.3 is 0 Å². The van der Waals surface area contributed by atoms with Gasteiger partial charge in [-0.1, -0.05) is 0 Å². The summed E-state index contributed by atoms with van der Waals surface area (Å²) < 4.78 is 16.4. The highest BCUT2D eigenvalue weighted by Crippen LogP contribution is 2.43. The van der Waals surface area contributed by atoms with Gasteiger partial charge in [0.15, 0.2) is 7.37 Å². The zero-order valence-corrected chi connectivity index (χ0v) is 9.18. The van der Waals surface area contributed by atoms with Crippen LogP contribution < -0.4 is 0 Å². The lowest BCUT2D eigenvalue weighted by molar-refractivity contribution is -0.120. The molecule has 0 amide bonds. The Bertz CT molecular complexity index is 237. The summed E-state index contributed by atoms with van der Waals surface area (Å²) in [6.45, 7) is 1.63. The topological polar surface area (TPSA) is 43.4 Å². The van der Waals surface area contributed by atoms with Gasteiger partial charge in [-0.15, -0.1) is 0 Å². The third kappa shape index (κ3) is 3.24. The molecule has 0 radical (unpaired) electrons. The van der Waals surface area contributed by atoms with Crippen molar-refractivity contribution < 1.29 is 13.9 Å². The Labute approximate surface area is 79.3 Å². The van der Waals surface area contributed by atoms with Crippen LogP contribution in [0, 0.1) is 5.92 Å². The number of hydrogen-bond donors (Lipinski definition) is 0. The molecule has 0 aliphatic heterocycles. The first-order chi connectivity index (χ1) is 6.05. The van der Waals surface area contributed by atoms with Crippen LogP contribution in [0.25, 0.3) is 0 Å². The van der Waals surface area contributed by atoms with Crippen LogP contribution in [0.15, 0.2) is 0 Å². The number of ketones is 1. The molecular weight excluding hydrogens is 187 g/mol. The molecule has 1 aliphatic rings. The van der Waals surface area contributed by atoms with Gasteiger partial charge in [0.2, 0.25) is 0 Å². The van der Waals surface area contributed by atoms with Crippen LogP contribution in [0.3, 0.4) is 0 Å². The molecule has 4 heteroatoms. The van der Waals surface area contributed by atoms with E-state index in [2.05, 4.69) is 0 Å². The minimum absolute atomic E-state index is 0.156. The Morgan fingerprint density at radius 2 is 2.31 bits per heavy atom. The first-order valence-corrected chi connectivity index (χ1v) is 6.96. The summed E-state index contributed by atoms with van der Waals surface area (Å²) in [7, 11) is -0.935. The molecule has 0 aromatic heterocycles. The fourth-order valence-electron chi connectivity index (χ4n) is 1.67. The van der Waals surface area contributed by atoms with Crippen LogP contribution in [-0.4, -0.2) is 25.7 Å². The number of Topliss-reactive ketones (excluding diaryl/α,β-unsaturated/α-hetero) is 1. The van der Waals surface area contributed by atoms with Gasteiger partial charge in [0.25, 0.3) is 0 Å². The molecule has 0 aromatic rings. The van der Waals surface area contributed by atoms with Crippen LogP contribution in [0.4, 0.5) is 0 Å². The summed E-state index contributed by atoms with van der Waals surface area (Å²) >= 11 is 0. The van der Waals surface area contributed by atoms with Crippen molar-refractivity contribution in [3.05, 3.63) is 0 Å². The van der Waals surface area contributed by atoms with Crippen molar-refractivity contribution in [2.24, 2.45) is 5.92 Å². The van der Waals surface area contributed by atoms with E-state index in [-0.39, 0.29) is 5.92 Å². The predicted octanol–water partition coefficient (Wildman–Crippen LogP) is 2.30. The van der Waals surface area contributed by atoms with Gasteiger partial charge < -0.3 is 4.52 Å². The summed E-state index contributed by atoms with van der Waals surface area (Å²) in [6.07, 6.45) is 3.97. The maximum atomic E-state index is 11.5. The second kappa shape index (κ2) is 4.39. The molecule has 0 heterocycles. The first kappa shape index (κ1) is 10.9. The van der Waals surface area contributed by atoms with Crippen molar-refractivity contribution in [1.29, 1.82) is 0 Å². The smallest absolute Gasteiger partial charge is 0.199 e. The van der Waals surface area contributed by atoms with Gasteiger partial charge in [0.05, 0.1) is 0 Å². The molecule has 0 spiro atoms. The van der Waals surface area contributed by atoms with Gasteiger partial charge in [0, 0.05) is 32.3 Å². The Morgan fingerprint density at radius 1 is 1.62 bits per heavy atom. The van der Waals surface area contributed by atoms with Gasteiger partial charge in [-0.2, -0.15) is 0 Å². The molecule has 13 heavy (non-hydrogen) atoms. The van der Waals surface area contributed by atoms with Gasteiger partial charge in [0.1, 0.15) is 5.78 Å². The minimum Gasteiger partial charge on any atom is -0.332 e. The van der Waals surface area contributed by atoms with Crippen LogP contribution >= 0.6 is 7.37 Å². The lowest BCUT2D eigenvalue weighted by Gasteiger charge is -2.12. The van der Waals surface area contributed by atoms with E-state index in [0.717, 1.165) is 19.3 Å². The third-order valence-electron chi connectivity index (χ3n) is 2.70. The second-order valence-corrected chi connectivity index (χ2v) is 6.61. The zero-order valence-electron chi connectivity index (χ0n) is 8.28. The Hall–Kier alpha value is -0.140. The van der Waals surface area contributed by atoms with Gasteiger partial charge in [-0.05, 0) is 19.3 Å². The fourth-order valence-corrected chi connectivity index (χ4v) is 2.64. The molecule has 1 aliphatic carbocycles. The van der Waals surface area contributed by atoms with Crippen LogP contribution in [0.2, 0.25) is 0 Å². The van der Waals surface area contributed by atoms with Crippen molar-refractivity contribution in [2.75, 3.05) is 19.9 Å². The Kier molecular flexibility index (Phi) is 3.69. The highest BCUT2D eigenvalue weighted by Gasteiger charge is 2.26. The normalized spacial score (nSPS) is 27.5. The Balaban J connectivity index is 2.34. The van der Waals surface area contributed by atoms with Crippen LogP contribution in [0.5, 0.6) is 0 Å². The van der Waals surface area contributed by atoms with Crippen molar-refractivity contribution >= 4 is 13.2 Å². The van der Waals surface area contributed by atoms with E-state index in [0.29, 0.717) is 18.4 Å². The standard InChI is InChI=1S/C9H17O3P/c1-12-13(2,11)7-6-8-4-3-5-9(8)10/h8H,3-7H2,1-2H3. The third-order valence-corrected chi connectivity index (χ3v) is 4.54. The zero-order chi connectivity index (χ0) is 9.90. The SMILES string of the molecule is COP(C)(=O)CCC1CCCC1=O. The molecule has 76 valence electrons. The molecule has 0 aromatic carbocycles. The van der Waals surface area contributed by atoms with Gasteiger partial charge in [-0.25, -0.2) is 0 Å². The highest BCUT2D eigenvalue weighted by atomic mass is 31.2. The van der Waals surface area contributed by atoms with Gasteiger partial charge in [-0.3, -0.25) is 9.36 Å². The molecular formula is C9H17O3P. The summed E-state index contributed by atoms with van der Waals surface area (Å²) in [5.41, 5.74) is 0. The molecule has 1 rings (SSSR count). The molecule has 0 N–H and O–H groups in total.